The summed E-state index contributed by atoms with van der Waals surface area (Å²) in [4.78, 5) is 29.1. The van der Waals surface area contributed by atoms with Crippen molar-refractivity contribution >= 4 is 33.6 Å². The Balaban J connectivity index is 1.66. The van der Waals surface area contributed by atoms with Crippen molar-refractivity contribution in [3.8, 4) is 0 Å². The summed E-state index contributed by atoms with van der Waals surface area (Å²) in [5.41, 5.74) is 1.76. The highest BCUT2D eigenvalue weighted by Crippen LogP contribution is 2.28. The summed E-state index contributed by atoms with van der Waals surface area (Å²) in [5, 5.41) is 2.84. The molecule has 1 saturated carbocycles. The zero-order valence-corrected chi connectivity index (χ0v) is 17.6. The molecule has 28 heavy (non-hydrogen) atoms. The van der Waals surface area contributed by atoms with Crippen LogP contribution in [0, 0.1) is 0 Å². The summed E-state index contributed by atoms with van der Waals surface area (Å²) in [6, 6.07) is 11.3. The van der Waals surface area contributed by atoms with Crippen molar-refractivity contribution in [3.05, 3.63) is 65.4 Å². The monoisotopic (exact) mass is 444 g/mol. The van der Waals surface area contributed by atoms with Gasteiger partial charge in [0, 0.05) is 41.7 Å². The molecule has 1 aliphatic carbocycles. The molecule has 1 N–H and O–H groups in total. The van der Waals surface area contributed by atoms with Crippen LogP contribution in [0.1, 0.15) is 18.5 Å². The average Bonchev–Trinajstić information content (AvgIpc) is 3.43. The van der Waals surface area contributed by atoms with E-state index in [1.165, 1.54) is 4.90 Å². The lowest BCUT2D eigenvalue weighted by Gasteiger charge is -2.27. The van der Waals surface area contributed by atoms with Crippen LogP contribution >= 0.6 is 15.9 Å². The van der Waals surface area contributed by atoms with E-state index >= 15 is 0 Å². The van der Waals surface area contributed by atoms with Gasteiger partial charge in [-0.15, -0.1) is 6.58 Å². The second kappa shape index (κ2) is 9.10. The number of amides is 3. The largest absolute Gasteiger partial charge is 0.353 e. The fourth-order valence-electron chi connectivity index (χ4n) is 3.01. The van der Waals surface area contributed by atoms with Crippen LogP contribution in [0.3, 0.4) is 0 Å². The zero-order chi connectivity index (χ0) is 20.1. The quantitative estimate of drug-likeness (QED) is 0.625. The Morgan fingerprint density at radius 1 is 1.29 bits per heavy atom. The number of hydrogen-bond acceptors (Lipinski definition) is 2. The van der Waals surface area contributed by atoms with E-state index in [1.54, 1.807) is 6.08 Å². The van der Waals surface area contributed by atoms with E-state index in [0.717, 1.165) is 23.0 Å². The van der Waals surface area contributed by atoms with Crippen molar-refractivity contribution in [2.24, 2.45) is 7.05 Å². The third kappa shape index (κ3) is 5.25. The number of anilines is 1. The summed E-state index contributed by atoms with van der Waals surface area (Å²) >= 11 is 3.37. The molecule has 0 unspecified atom stereocenters. The number of nitrogens with zero attached hydrogens (tertiary/aromatic N) is 3. The fourth-order valence-corrected chi connectivity index (χ4v) is 3.27. The minimum absolute atomic E-state index is 0.0231. The average molecular weight is 445 g/mol. The number of aryl methyl sites for hydroxylation is 1. The third-order valence-corrected chi connectivity index (χ3v) is 5.28. The number of hydrogen-bond donors (Lipinski definition) is 1. The van der Waals surface area contributed by atoms with Crippen LogP contribution < -0.4 is 5.32 Å². The molecule has 3 rings (SSSR count). The molecule has 0 radical (unpaired) electrons. The number of rotatable bonds is 8. The van der Waals surface area contributed by atoms with Crippen molar-refractivity contribution in [1.29, 1.82) is 0 Å². The molecule has 1 heterocycles. The Labute approximate surface area is 173 Å². The van der Waals surface area contributed by atoms with Crippen LogP contribution in [-0.2, 0) is 18.4 Å². The van der Waals surface area contributed by atoms with Gasteiger partial charge in [-0.3, -0.25) is 4.79 Å². The van der Waals surface area contributed by atoms with Crippen LogP contribution in [0.5, 0.6) is 0 Å². The minimum Gasteiger partial charge on any atom is -0.353 e. The highest BCUT2D eigenvalue weighted by atomic mass is 79.9. The highest BCUT2D eigenvalue weighted by molar-refractivity contribution is 9.10. The maximum atomic E-state index is 13.0. The highest BCUT2D eigenvalue weighted by Gasteiger charge is 2.34. The SMILES string of the molecule is C=CCN(CC(=O)N(Cc1cccn1C)C1CC1)C(=O)Nc1ccc(Br)cc1. The first-order valence-corrected chi connectivity index (χ1v) is 10.1. The van der Waals surface area contributed by atoms with Crippen molar-refractivity contribution < 1.29 is 9.59 Å². The van der Waals surface area contributed by atoms with E-state index in [1.807, 2.05) is 59.1 Å². The van der Waals surface area contributed by atoms with E-state index in [4.69, 9.17) is 0 Å². The first-order chi connectivity index (χ1) is 13.5. The van der Waals surface area contributed by atoms with Crippen LogP contribution in [0.4, 0.5) is 10.5 Å². The van der Waals surface area contributed by atoms with E-state index < -0.39 is 0 Å². The van der Waals surface area contributed by atoms with Gasteiger partial charge in [0.2, 0.25) is 5.91 Å². The molecule has 0 aliphatic heterocycles. The Hall–Kier alpha value is -2.54. The molecule has 0 bridgehead atoms. The molecule has 1 fully saturated rings. The number of carbonyl (C=O) groups excluding carboxylic acids is 2. The molecule has 1 aliphatic rings. The first kappa shape index (κ1) is 20.2. The summed E-state index contributed by atoms with van der Waals surface area (Å²) in [7, 11) is 1.97. The second-order valence-electron chi connectivity index (χ2n) is 6.97. The van der Waals surface area contributed by atoms with Crippen molar-refractivity contribution in [1.82, 2.24) is 14.4 Å². The number of aromatic nitrogens is 1. The normalized spacial score (nSPS) is 13.1. The zero-order valence-electron chi connectivity index (χ0n) is 16.0. The van der Waals surface area contributed by atoms with Gasteiger partial charge in [-0.05, 0) is 49.2 Å². The second-order valence-corrected chi connectivity index (χ2v) is 7.89. The Morgan fingerprint density at radius 3 is 2.57 bits per heavy atom. The smallest absolute Gasteiger partial charge is 0.322 e. The molecular formula is C21H25BrN4O2. The number of nitrogens with one attached hydrogen (secondary N) is 1. The van der Waals surface area contributed by atoms with Gasteiger partial charge in [0.25, 0.3) is 0 Å². The summed E-state index contributed by atoms with van der Waals surface area (Å²) < 4.78 is 2.95. The standard InChI is InChI=1S/C21H25BrN4O2/c1-3-12-25(21(28)23-17-8-6-16(22)7-9-17)15-20(27)26(18-10-11-18)14-19-5-4-13-24(19)2/h3-9,13,18H,1,10-12,14-15H2,2H3,(H,23,28). The molecular weight excluding hydrogens is 420 g/mol. The van der Waals surface area contributed by atoms with E-state index in [0.29, 0.717) is 18.8 Å². The molecule has 148 valence electrons. The lowest BCUT2D eigenvalue weighted by atomic mass is 10.3. The van der Waals surface area contributed by atoms with Crippen LogP contribution in [0.2, 0.25) is 0 Å². The van der Waals surface area contributed by atoms with E-state index in [-0.39, 0.29) is 24.5 Å². The van der Waals surface area contributed by atoms with Crippen molar-refractivity contribution in [2.45, 2.75) is 25.4 Å². The summed E-state index contributed by atoms with van der Waals surface area (Å²) in [5.74, 6) is -0.0449. The van der Waals surface area contributed by atoms with Gasteiger partial charge < -0.3 is 19.7 Å². The lowest BCUT2D eigenvalue weighted by molar-refractivity contribution is -0.133. The first-order valence-electron chi connectivity index (χ1n) is 9.30. The van der Waals surface area contributed by atoms with Gasteiger partial charge in [0.05, 0.1) is 6.54 Å². The van der Waals surface area contributed by atoms with Gasteiger partial charge in [0.15, 0.2) is 0 Å². The van der Waals surface area contributed by atoms with Crippen LogP contribution in [-0.4, -0.2) is 45.4 Å². The number of benzene rings is 1. The van der Waals surface area contributed by atoms with Crippen molar-refractivity contribution in [3.63, 3.8) is 0 Å². The Morgan fingerprint density at radius 2 is 2.00 bits per heavy atom. The molecule has 0 saturated heterocycles. The molecule has 3 amide bonds. The van der Waals surface area contributed by atoms with Crippen molar-refractivity contribution in [2.75, 3.05) is 18.4 Å². The minimum atomic E-state index is -0.315. The summed E-state index contributed by atoms with van der Waals surface area (Å²) in [6.45, 7) is 4.60. The molecule has 1 aromatic carbocycles. The Kier molecular flexibility index (Phi) is 6.57. The maximum absolute atomic E-state index is 13.0. The topological polar surface area (TPSA) is 57.6 Å². The molecule has 6 nitrogen and oxygen atoms in total. The van der Waals surface area contributed by atoms with Gasteiger partial charge in [0.1, 0.15) is 6.54 Å². The molecule has 2 aromatic rings. The lowest BCUT2D eigenvalue weighted by Crippen LogP contribution is -2.45. The van der Waals surface area contributed by atoms with Gasteiger partial charge in [-0.2, -0.15) is 0 Å². The van der Waals surface area contributed by atoms with Crippen LogP contribution in [0.15, 0.2) is 59.7 Å². The predicted molar refractivity (Wildman–Crippen MR) is 114 cm³/mol. The number of carbonyl (C=O) groups is 2. The molecule has 0 atom stereocenters. The predicted octanol–water partition coefficient (Wildman–Crippen LogP) is 4.00. The molecule has 7 heteroatoms. The summed E-state index contributed by atoms with van der Waals surface area (Å²) in [6.07, 6.45) is 5.64. The van der Waals surface area contributed by atoms with Gasteiger partial charge in [-0.25, -0.2) is 4.79 Å². The molecule has 0 spiro atoms. The van der Waals surface area contributed by atoms with Crippen LogP contribution in [0.25, 0.3) is 0 Å². The number of urea groups is 1. The number of halogens is 1. The fraction of sp³-hybridized carbons (Fsp3) is 0.333. The van der Waals surface area contributed by atoms with Gasteiger partial charge >= 0.3 is 6.03 Å². The Bertz CT molecular complexity index is 842. The maximum Gasteiger partial charge on any atom is 0.322 e. The van der Waals surface area contributed by atoms with E-state index in [2.05, 4.69) is 27.8 Å². The molecule has 1 aromatic heterocycles. The third-order valence-electron chi connectivity index (χ3n) is 4.75. The van der Waals surface area contributed by atoms with E-state index in [9.17, 15) is 9.59 Å². The van der Waals surface area contributed by atoms with Gasteiger partial charge in [-0.1, -0.05) is 22.0 Å².